The highest BCUT2D eigenvalue weighted by Crippen LogP contribution is 2.24. The maximum absolute atomic E-state index is 13.1. The molecule has 0 spiro atoms. The van der Waals surface area contributed by atoms with Crippen LogP contribution in [0.1, 0.15) is 11.1 Å². The van der Waals surface area contributed by atoms with Gasteiger partial charge in [0.05, 0.1) is 18.5 Å². The molecule has 0 unspecified atom stereocenters. The van der Waals surface area contributed by atoms with Crippen LogP contribution in [0.15, 0.2) is 66.7 Å². The lowest BCUT2D eigenvalue weighted by molar-refractivity contribution is -0.118. The van der Waals surface area contributed by atoms with Gasteiger partial charge >= 0.3 is 0 Å². The Labute approximate surface area is 191 Å². The number of sulfonamides is 1. The van der Waals surface area contributed by atoms with Crippen molar-refractivity contribution < 1.29 is 22.3 Å². The third-order valence-electron chi connectivity index (χ3n) is 4.61. The maximum atomic E-state index is 13.1. The summed E-state index contributed by atoms with van der Waals surface area (Å²) in [5.74, 6) is -0.341. The minimum Gasteiger partial charge on any atom is -0.484 e. The molecule has 0 saturated heterocycles. The predicted octanol–water partition coefficient (Wildman–Crippen LogP) is 4.77. The van der Waals surface area contributed by atoms with Crippen molar-refractivity contribution in [2.45, 2.75) is 13.5 Å². The molecule has 0 aliphatic carbocycles. The Morgan fingerprint density at radius 3 is 2.34 bits per heavy atom. The van der Waals surface area contributed by atoms with Gasteiger partial charge in [0, 0.05) is 10.7 Å². The number of benzene rings is 3. The van der Waals surface area contributed by atoms with Gasteiger partial charge in [0.25, 0.3) is 5.91 Å². The SMILES string of the molecule is Cc1ccc(Cl)cc1NC(=O)COc1ccc(N(Cc2ccc(F)cc2)S(C)(=O)=O)cc1. The summed E-state index contributed by atoms with van der Waals surface area (Å²) in [6, 6.07) is 17.1. The van der Waals surface area contributed by atoms with Crippen LogP contribution in [0.4, 0.5) is 15.8 Å². The molecule has 32 heavy (non-hydrogen) atoms. The van der Waals surface area contributed by atoms with E-state index in [1.165, 1.54) is 28.6 Å². The highest BCUT2D eigenvalue weighted by molar-refractivity contribution is 7.92. The minimum absolute atomic E-state index is 0.0563. The van der Waals surface area contributed by atoms with E-state index in [2.05, 4.69) is 5.32 Å². The predicted molar refractivity (Wildman–Crippen MR) is 124 cm³/mol. The third-order valence-corrected chi connectivity index (χ3v) is 5.98. The van der Waals surface area contributed by atoms with E-state index in [0.717, 1.165) is 11.8 Å². The van der Waals surface area contributed by atoms with Crippen molar-refractivity contribution in [1.82, 2.24) is 0 Å². The second-order valence-corrected chi connectivity index (χ2v) is 9.53. The maximum Gasteiger partial charge on any atom is 0.262 e. The molecular formula is C23H22ClFN2O4S. The largest absolute Gasteiger partial charge is 0.484 e. The molecule has 0 atom stereocenters. The van der Waals surface area contributed by atoms with Crippen LogP contribution < -0.4 is 14.4 Å². The molecule has 168 valence electrons. The number of carbonyl (C=O) groups excluding carboxylic acids is 1. The number of ether oxygens (including phenoxy) is 1. The fourth-order valence-corrected chi connectivity index (χ4v) is 3.99. The van der Waals surface area contributed by atoms with Gasteiger partial charge in [0.15, 0.2) is 6.61 Å². The zero-order chi connectivity index (χ0) is 23.3. The van der Waals surface area contributed by atoms with E-state index in [9.17, 15) is 17.6 Å². The summed E-state index contributed by atoms with van der Waals surface area (Å²) in [6.45, 7) is 1.68. The normalized spacial score (nSPS) is 11.1. The van der Waals surface area contributed by atoms with Gasteiger partial charge in [-0.15, -0.1) is 0 Å². The van der Waals surface area contributed by atoms with Gasteiger partial charge < -0.3 is 10.1 Å². The highest BCUT2D eigenvalue weighted by atomic mass is 35.5. The van der Waals surface area contributed by atoms with Gasteiger partial charge in [0.2, 0.25) is 10.0 Å². The average molecular weight is 477 g/mol. The number of hydrogen-bond acceptors (Lipinski definition) is 4. The van der Waals surface area contributed by atoms with Crippen LogP contribution in [0, 0.1) is 12.7 Å². The number of nitrogens with zero attached hydrogens (tertiary/aromatic N) is 1. The monoisotopic (exact) mass is 476 g/mol. The second kappa shape index (κ2) is 10.0. The number of nitrogens with one attached hydrogen (secondary N) is 1. The summed E-state index contributed by atoms with van der Waals surface area (Å²) in [5.41, 5.74) is 2.54. The average Bonchev–Trinajstić information content (AvgIpc) is 2.74. The Kier molecular flexibility index (Phi) is 7.37. The third kappa shape index (κ3) is 6.45. The first-order valence-electron chi connectivity index (χ1n) is 9.63. The zero-order valence-corrected chi connectivity index (χ0v) is 19.1. The summed E-state index contributed by atoms with van der Waals surface area (Å²) in [6.07, 6.45) is 1.10. The van der Waals surface area contributed by atoms with Crippen LogP contribution in [-0.2, 0) is 21.4 Å². The van der Waals surface area contributed by atoms with Gasteiger partial charge in [-0.1, -0.05) is 29.8 Å². The smallest absolute Gasteiger partial charge is 0.262 e. The molecule has 0 radical (unpaired) electrons. The lowest BCUT2D eigenvalue weighted by Crippen LogP contribution is -2.29. The van der Waals surface area contributed by atoms with Crippen LogP contribution in [0.5, 0.6) is 5.75 Å². The van der Waals surface area contributed by atoms with Crippen LogP contribution in [0.2, 0.25) is 5.02 Å². The van der Waals surface area contributed by atoms with Crippen LogP contribution >= 0.6 is 11.6 Å². The van der Waals surface area contributed by atoms with E-state index >= 15 is 0 Å². The van der Waals surface area contributed by atoms with E-state index < -0.39 is 15.8 Å². The molecule has 3 aromatic rings. The molecule has 3 rings (SSSR count). The number of amides is 1. The number of halogens is 2. The topological polar surface area (TPSA) is 75.7 Å². The van der Waals surface area contributed by atoms with E-state index in [4.69, 9.17) is 16.3 Å². The fraction of sp³-hybridized carbons (Fsp3) is 0.174. The zero-order valence-electron chi connectivity index (χ0n) is 17.5. The van der Waals surface area contributed by atoms with Gasteiger partial charge in [-0.3, -0.25) is 9.10 Å². The molecule has 1 amide bonds. The molecule has 9 heteroatoms. The molecule has 0 fully saturated rings. The highest BCUT2D eigenvalue weighted by Gasteiger charge is 2.18. The summed E-state index contributed by atoms with van der Waals surface area (Å²) in [5, 5.41) is 3.25. The van der Waals surface area contributed by atoms with Gasteiger partial charge in [-0.25, -0.2) is 12.8 Å². The fourth-order valence-electron chi connectivity index (χ4n) is 2.93. The van der Waals surface area contributed by atoms with Crippen molar-refractivity contribution in [1.29, 1.82) is 0 Å². The minimum atomic E-state index is -3.58. The Morgan fingerprint density at radius 2 is 1.72 bits per heavy atom. The van der Waals surface area contributed by atoms with Gasteiger partial charge in [-0.2, -0.15) is 0 Å². The summed E-state index contributed by atoms with van der Waals surface area (Å²) in [7, 11) is -3.58. The molecule has 3 aromatic carbocycles. The first-order chi connectivity index (χ1) is 15.1. The summed E-state index contributed by atoms with van der Waals surface area (Å²) in [4.78, 5) is 12.2. The van der Waals surface area contributed by atoms with Crippen LogP contribution in [-0.4, -0.2) is 27.2 Å². The van der Waals surface area contributed by atoms with E-state index in [1.807, 2.05) is 6.92 Å². The molecule has 1 N–H and O–H groups in total. The number of rotatable bonds is 8. The van der Waals surface area contributed by atoms with Crippen LogP contribution in [0.3, 0.4) is 0 Å². The molecule has 0 heterocycles. The summed E-state index contributed by atoms with van der Waals surface area (Å²) >= 11 is 5.96. The molecule has 0 aromatic heterocycles. The number of anilines is 2. The lowest BCUT2D eigenvalue weighted by Gasteiger charge is -2.23. The van der Waals surface area contributed by atoms with Crippen molar-refractivity contribution in [2.75, 3.05) is 22.5 Å². The second-order valence-electron chi connectivity index (χ2n) is 7.19. The lowest BCUT2D eigenvalue weighted by atomic mass is 10.2. The molecule has 0 aliphatic rings. The van der Waals surface area contributed by atoms with E-state index in [-0.39, 0.29) is 19.1 Å². The van der Waals surface area contributed by atoms with E-state index in [1.54, 1.807) is 42.5 Å². The standard InChI is InChI=1S/C23H22ClFN2O4S/c1-16-3-6-18(24)13-22(16)26-23(28)15-31-21-11-9-20(10-12-21)27(32(2,29)30)14-17-4-7-19(25)8-5-17/h3-13H,14-15H2,1-2H3,(H,26,28). The number of carbonyl (C=O) groups is 1. The Morgan fingerprint density at radius 1 is 1.06 bits per heavy atom. The van der Waals surface area contributed by atoms with Crippen molar-refractivity contribution >= 4 is 38.9 Å². The van der Waals surface area contributed by atoms with Gasteiger partial charge in [-0.05, 0) is 66.6 Å². The van der Waals surface area contributed by atoms with Crippen molar-refractivity contribution in [3.63, 3.8) is 0 Å². The number of hydrogen-bond donors (Lipinski definition) is 1. The molecule has 6 nitrogen and oxygen atoms in total. The van der Waals surface area contributed by atoms with Crippen molar-refractivity contribution in [2.24, 2.45) is 0 Å². The van der Waals surface area contributed by atoms with Crippen molar-refractivity contribution in [3.05, 3.63) is 88.7 Å². The van der Waals surface area contributed by atoms with Crippen molar-refractivity contribution in [3.8, 4) is 5.75 Å². The quantitative estimate of drug-likeness (QED) is 0.508. The summed E-state index contributed by atoms with van der Waals surface area (Å²) < 4.78 is 44.4. The molecular weight excluding hydrogens is 455 g/mol. The number of aryl methyl sites for hydroxylation is 1. The van der Waals surface area contributed by atoms with Gasteiger partial charge in [0.1, 0.15) is 11.6 Å². The molecule has 0 bridgehead atoms. The Bertz CT molecular complexity index is 1200. The Hall–Kier alpha value is -3.10. The van der Waals surface area contributed by atoms with E-state index in [0.29, 0.717) is 27.7 Å². The van der Waals surface area contributed by atoms with Crippen LogP contribution in [0.25, 0.3) is 0 Å². The Balaban J connectivity index is 1.65. The first-order valence-corrected chi connectivity index (χ1v) is 11.9. The first kappa shape index (κ1) is 23.6. The molecule has 0 aliphatic heterocycles. The molecule has 0 saturated carbocycles.